The van der Waals surface area contributed by atoms with Crippen molar-refractivity contribution in [2.24, 2.45) is 11.7 Å². The van der Waals surface area contributed by atoms with Crippen molar-refractivity contribution >= 4 is 28.8 Å². The number of hydrogen-bond acceptors (Lipinski definition) is 5. The summed E-state index contributed by atoms with van der Waals surface area (Å²) in [6, 6.07) is 12.7. The smallest absolute Gasteiger partial charge is 0.223 e. The number of hydrogen-bond donors (Lipinski definition) is 3. The topological polar surface area (TPSA) is 97.1 Å². The van der Waals surface area contributed by atoms with Gasteiger partial charge in [-0.2, -0.15) is 11.3 Å². The molecule has 2 aliphatic rings. The van der Waals surface area contributed by atoms with E-state index in [1.54, 1.807) is 17.5 Å². The quantitative estimate of drug-likeness (QED) is 0.348. The number of nitrogens with two attached hydrogens (primary N) is 1. The first-order valence-corrected chi connectivity index (χ1v) is 14.2. The van der Waals surface area contributed by atoms with E-state index in [-0.39, 0.29) is 11.4 Å². The van der Waals surface area contributed by atoms with Crippen molar-refractivity contribution in [3.05, 3.63) is 58.9 Å². The average Bonchev–Trinajstić information content (AvgIpc) is 3.59. The predicted octanol–water partition coefficient (Wildman–Crippen LogP) is 6.47. The van der Waals surface area contributed by atoms with Crippen molar-refractivity contribution in [1.82, 2.24) is 10.3 Å². The molecule has 2 fully saturated rings. The minimum Gasteiger partial charge on any atom is -0.353 e. The van der Waals surface area contributed by atoms with Crippen LogP contribution >= 0.6 is 11.3 Å². The van der Waals surface area contributed by atoms with E-state index in [2.05, 4.69) is 27.1 Å². The molecule has 7 heteroatoms. The van der Waals surface area contributed by atoms with Crippen LogP contribution in [0.5, 0.6) is 0 Å². The molecular weight excluding hydrogens is 480 g/mol. The molecule has 2 aliphatic carbocycles. The number of nitrogens with one attached hydrogen (secondary N) is 2. The number of carbonyl (C=O) groups is 2. The molecule has 0 aliphatic heterocycles. The second kappa shape index (κ2) is 12.0. The van der Waals surface area contributed by atoms with E-state index < -0.39 is 0 Å². The fourth-order valence-corrected chi connectivity index (χ4v) is 5.23. The van der Waals surface area contributed by atoms with Gasteiger partial charge in [0.2, 0.25) is 11.8 Å². The Kier molecular flexibility index (Phi) is 8.77. The van der Waals surface area contributed by atoms with Crippen LogP contribution in [-0.2, 0) is 15.1 Å². The van der Waals surface area contributed by atoms with E-state index in [0.29, 0.717) is 23.6 Å². The highest BCUT2D eigenvalue weighted by Gasteiger charge is 2.31. The van der Waals surface area contributed by atoms with Crippen molar-refractivity contribution in [2.45, 2.75) is 77.3 Å². The Bertz CT molecular complexity index is 1190. The average molecular weight is 519 g/mol. The van der Waals surface area contributed by atoms with E-state index in [1.165, 1.54) is 39.0 Å². The highest BCUT2D eigenvalue weighted by Crippen LogP contribution is 2.34. The van der Waals surface area contributed by atoms with Crippen molar-refractivity contribution < 1.29 is 9.59 Å². The standard InChI is InChI=1S/C20H21N3OS.C10H17NO/c1-13(24)23-17-10-18(15-8-9-25-12-15)19(22-11-17)14-4-6-16(7-5-14)20(2,3)21;12-10(8-6-7-8)11-9-4-2-1-3-5-9/h4-12H,21H2,1-3H3,(H,23,24);8-9H,1-7H2,(H,11,12). The molecule has 4 N–H and O–H groups in total. The molecule has 0 atom stereocenters. The van der Waals surface area contributed by atoms with Crippen LogP contribution in [0.3, 0.4) is 0 Å². The summed E-state index contributed by atoms with van der Waals surface area (Å²) >= 11 is 1.63. The highest BCUT2D eigenvalue weighted by atomic mass is 32.1. The minimum absolute atomic E-state index is 0.111. The molecule has 1 aromatic carbocycles. The van der Waals surface area contributed by atoms with Gasteiger partial charge in [-0.3, -0.25) is 14.6 Å². The molecule has 2 aromatic heterocycles. The third-order valence-electron chi connectivity index (χ3n) is 6.84. The normalized spacial score (nSPS) is 15.9. The highest BCUT2D eigenvalue weighted by molar-refractivity contribution is 7.08. The number of carbonyl (C=O) groups excluding carboxylic acids is 2. The number of nitrogens with zero attached hydrogens (tertiary/aromatic N) is 1. The second-order valence-electron chi connectivity index (χ2n) is 10.7. The maximum absolute atomic E-state index is 11.4. The number of rotatable bonds is 6. The maximum atomic E-state index is 11.4. The lowest BCUT2D eigenvalue weighted by Gasteiger charge is -2.22. The molecule has 0 spiro atoms. The van der Waals surface area contributed by atoms with Crippen LogP contribution in [0.15, 0.2) is 53.4 Å². The van der Waals surface area contributed by atoms with Gasteiger partial charge >= 0.3 is 0 Å². The summed E-state index contributed by atoms with van der Waals surface area (Å²) in [7, 11) is 0. The minimum atomic E-state index is -0.378. The molecule has 2 saturated carbocycles. The van der Waals surface area contributed by atoms with E-state index >= 15 is 0 Å². The summed E-state index contributed by atoms with van der Waals surface area (Å²) in [4.78, 5) is 27.3. The molecule has 0 unspecified atom stereocenters. The van der Waals surface area contributed by atoms with Gasteiger partial charge in [0.05, 0.1) is 17.6 Å². The number of anilines is 1. The van der Waals surface area contributed by atoms with Gasteiger partial charge in [0, 0.05) is 35.5 Å². The summed E-state index contributed by atoms with van der Waals surface area (Å²) in [5.74, 6) is 0.592. The fourth-order valence-electron chi connectivity index (χ4n) is 4.57. The van der Waals surface area contributed by atoms with Gasteiger partial charge in [-0.25, -0.2) is 0 Å². The second-order valence-corrected chi connectivity index (χ2v) is 11.5. The summed E-state index contributed by atoms with van der Waals surface area (Å²) in [5.41, 5.74) is 11.5. The Morgan fingerprint density at radius 3 is 2.27 bits per heavy atom. The number of amides is 2. The van der Waals surface area contributed by atoms with Crippen LogP contribution in [0.1, 0.15) is 71.3 Å². The number of aromatic nitrogens is 1. The van der Waals surface area contributed by atoms with Gasteiger partial charge < -0.3 is 16.4 Å². The van der Waals surface area contributed by atoms with Crippen LogP contribution in [0, 0.1) is 5.92 Å². The van der Waals surface area contributed by atoms with E-state index in [4.69, 9.17) is 5.73 Å². The molecular formula is C30H38N4O2S. The van der Waals surface area contributed by atoms with Crippen molar-refractivity contribution in [2.75, 3.05) is 5.32 Å². The van der Waals surface area contributed by atoms with Crippen LogP contribution in [0.2, 0.25) is 0 Å². The lowest BCUT2D eigenvalue weighted by Crippen LogP contribution is -2.37. The first-order valence-electron chi connectivity index (χ1n) is 13.2. The third-order valence-corrected chi connectivity index (χ3v) is 7.53. The Hall–Kier alpha value is -3.03. The van der Waals surface area contributed by atoms with Crippen LogP contribution in [0.25, 0.3) is 22.4 Å². The van der Waals surface area contributed by atoms with E-state index in [0.717, 1.165) is 40.8 Å². The fraction of sp³-hybridized carbons (Fsp3) is 0.433. The molecule has 37 heavy (non-hydrogen) atoms. The maximum Gasteiger partial charge on any atom is 0.223 e. The molecule has 3 aromatic rings. The van der Waals surface area contributed by atoms with E-state index in [1.807, 2.05) is 49.6 Å². The van der Waals surface area contributed by atoms with Crippen molar-refractivity contribution in [1.29, 1.82) is 0 Å². The van der Waals surface area contributed by atoms with Crippen molar-refractivity contribution in [3.8, 4) is 22.4 Å². The van der Waals surface area contributed by atoms with Gasteiger partial charge in [-0.15, -0.1) is 0 Å². The first kappa shape index (κ1) is 27.0. The molecule has 5 rings (SSSR count). The Morgan fingerprint density at radius 2 is 1.70 bits per heavy atom. The molecule has 6 nitrogen and oxygen atoms in total. The zero-order valence-corrected chi connectivity index (χ0v) is 22.9. The zero-order valence-electron chi connectivity index (χ0n) is 22.0. The van der Waals surface area contributed by atoms with E-state index in [9.17, 15) is 9.59 Å². The van der Waals surface area contributed by atoms with Crippen LogP contribution < -0.4 is 16.4 Å². The summed E-state index contributed by atoms with van der Waals surface area (Å²) < 4.78 is 0. The van der Waals surface area contributed by atoms with Crippen molar-refractivity contribution in [3.63, 3.8) is 0 Å². The summed E-state index contributed by atoms with van der Waals surface area (Å²) in [6.45, 7) is 5.46. The molecule has 2 amide bonds. The molecule has 2 heterocycles. The van der Waals surface area contributed by atoms with Gasteiger partial charge in [-0.05, 0) is 73.6 Å². The van der Waals surface area contributed by atoms with Crippen LogP contribution in [0.4, 0.5) is 5.69 Å². The Morgan fingerprint density at radius 1 is 1.00 bits per heavy atom. The summed E-state index contributed by atoms with van der Waals surface area (Å²) in [5, 5.41) is 10.1. The third kappa shape index (κ3) is 7.73. The largest absolute Gasteiger partial charge is 0.353 e. The van der Waals surface area contributed by atoms with Gasteiger partial charge in [0.25, 0.3) is 0 Å². The lowest BCUT2D eigenvalue weighted by atomic mass is 9.93. The number of thiophene rings is 1. The lowest BCUT2D eigenvalue weighted by molar-refractivity contribution is -0.123. The molecule has 196 valence electrons. The first-order chi connectivity index (χ1) is 17.7. The Balaban J connectivity index is 0.000000222. The zero-order chi connectivity index (χ0) is 26.4. The molecule has 0 saturated heterocycles. The summed E-state index contributed by atoms with van der Waals surface area (Å²) in [6.07, 6.45) is 10.3. The Labute approximate surface area is 224 Å². The SMILES string of the molecule is CC(=O)Nc1cnc(-c2ccc(C(C)(C)N)cc2)c(-c2ccsc2)c1.O=C(NC1CCCCC1)C1CC1. The van der Waals surface area contributed by atoms with Gasteiger partial charge in [0.15, 0.2) is 0 Å². The molecule has 0 radical (unpaired) electrons. The van der Waals surface area contributed by atoms with Gasteiger partial charge in [-0.1, -0.05) is 43.5 Å². The van der Waals surface area contributed by atoms with Gasteiger partial charge in [0.1, 0.15) is 0 Å². The predicted molar refractivity (Wildman–Crippen MR) is 152 cm³/mol. The number of benzene rings is 1. The van der Waals surface area contributed by atoms with Crippen LogP contribution in [-0.4, -0.2) is 22.8 Å². The molecule has 0 bridgehead atoms. The monoisotopic (exact) mass is 518 g/mol. The number of pyridine rings is 1.